The van der Waals surface area contributed by atoms with Crippen LogP contribution in [0.2, 0.25) is 0 Å². The number of nitrogens with one attached hydrogen (secondary N) is 1. The highest BCUT2D eigenvalue weighted by atomic mass is 16.6. The van der Waals surface area contributed by atoms with Crippen molar-refractivity contribution in [1.29, 1.82) is 0 Å². The van der Waals surface area contributed by atoms with E-state index in [1.54, 1.807) is 13.0 Å². The van der Waals surface area contributed by atoms with E-state index in [2.05, 4.69) is 5.32 Å². The number of nitro benzene ring substituents is 1. The van der Waals surface area contributed by atoms with E-state index >= 15 is 0 Å². The fraction of sp³-hybridized carbons (Fsp3) is 0.136. The van der Waals surface area contributed by atoms with Crippen molar-refractivity contribution in [2.45, 2.75) is 13.0 Å². The molecule has 3 aromatic carbocycles. The van der Waals surface area contributed by atoms with Crippen LogP contribution in [0.5, 0.6) is 11.5 Å². The molecule has 0 saturated heterocycles. The third kappa shape index (κ3) is 3.62. The molecule has 1 atom stereocenters. The number of para-hydroxylation sites is 1. The van der Waals surface area contributed by atoms with Crippen molar-refractivity contribution >= 4 is 39.2 Å². The summed E-state index contributed by atoms with van der Waals surface area (Å²) in [5, 5.41) is 15.4. The maximum atomic E-state index is 12.6. The molecule has 8 nitrogen and oxygen atoms in total. The van der Waals surface area contributed by atoms with Crippen molar-refractivity contribution in [3.63, 3.8) is 0 Å². The van der Waals surface area contributed by atoms with Crippen LogP contribution in [0.1, 0.15) is 6.92 Å². The molecule has 0 radical (unpaired) electrons. The molecule has 152 valence electrons. The third-order valence-electron chi connectivity index (χ3n) is 4.69. The molecule has 0 aliphatic carbocycles. The number of ether oxygens (including phenoxy) is 2. The summed E-state index contributed by atoms with van der Waals surface area (Å²) < 4.78 is 16.9. The van der Waals surface area contributed by atoms with E-state index in [0.717, 1.165) is 16.4 Å². The van der Waals surface area contributed by atoms with Gasteiger partial charge in [-0.15, -0.1) is 0 Å². The molecule has 0 aliphatic heterocycles. The van der Waals surface area contributed by atoms with Crippen LogP contribution in [0, 0.1) is 10.1 Å². The molecule has 0 aliphatic rings. The lowest BCUT2D eigenvalue weighted by Crippen LogP contribution is -2.30. The number of carbonyl (C=O) groups is 1. The number of hydrogen-bond donors (Lipinski definition) is 1. The summed E-state index contributed by atoms with van der Waals surface area (Å²) in [6, 6.07) is 16.7. The molecule has 1 heterocycles. The smallest absolute Gasteiger partial charge is 0.269 e. The fourth-order valence-electron chi connectivity index (χ4n) is 3.16. The van der Waals surface area contributed by atoms with Crippen LogP contribution < -0.4 is 14.8 Å². The fourth-order valence-corrected chi connectivity index (χ4v) is 3.16. The number of anilines is 1. The first-order valence-electron chi connectivity index (χ1n) is 9.17. The van der Waals surface area contributed by atoms with Crippen molar-refractivity contribution < 1.29 is 23.6 Å². The highest BCUT2D eigenvalue weighted by molar-refractivity contribution is 6.08. The SMILES string of the molecule is COc1cc2c(cc1NC(=O)[C@H](C)Oc1ccc([N+](=O)[O-])cc1)oc1ccccc12. The Morgan fingerprint density at radius 3 is 2.50 bits per heavy atom. The Morgan fingerprint density at radius 2 is 1.80 bits per heavy atom. The van der Waals surface area contributed by atoms with E-state index in [0.29, 0.717) is 22.8 Å². The summed E-state index contributed by atoms with van der Waals surface area (Å²) in [6.45, 7) is 1.59. The Hall–Kier alpha value is -4.07. The second-order valence-corrected chi connectivity index (χ2v) is 6.65. The van der Waals surface area contributed by atoms with Crippen LogP contribution in [0.3, 0.4) is 0 Å². The molecule has 0 unspecified atom stereocenters. The van der Waals surface area contributed by atoms with Crippen molar-refractivity contribution in [1.82, 2.24) is 0 Å². The van der Waals surface area contributed by atoms with Gasteiger partial charge < -0.3 is 19.2 Å². The van der Waals surface area contributed by atoms with Crippen LogP contribution in [0.15, 0.2) is 65.1 Å². The van der Waals surface area contributed by atoms with E-state index < -0.39 is 16.9 Å². The van der Waals surface area contributed by atoms with Crippen LogP contribution in [0.25, 0.3) is 21.9 Å². The monoisotopic (exact) mass is 406 g/mol. The van der Waals surface area contributed by atoms with Gasteiger partial charge in [-0.25, -0.2) is 0 Å². The number of furan rings is 1. The zero-order valence-electron chi connectivity index (χ0n) is 16.2. The second-order valence-electron chi connectivity index (χ2n) is 6.65. The lowest BCUT2D eigenvalue weighted by molar-refractivity contribution is -0.384. The van der Waals surface area contributed by atoms with Crippen molar-refractivity contribution in [3.05, 3.63) is 70.8 Å². The molecule has 0 bridgehead atoms. The Morgan fingerprint density at radius 1 is 1.07 bits per heavy atom. The topological polar surface area (TPSA) is 104 Å². The van der Waals surface area contributed by atoms with Gasteiger partial charge in [-0.2, -0.15) is 0 Å². The van der Waals surface area contributed by atoms with Gasteiger partial charge in [0.2, 0.25) is 0 Å². The average Bonchev–Trinajstić information content (AvgIpc) is 3.10. The van der Waals surface area contributed by atoms with Gasteiger partial charge in [0.25, 0.3) is 11.6 Å². The molecule has 1 N–H and O–H groups in total. The number of nitro groups is 1. The van der Waals surface area contributed by atoms with E-state index in [-0.39, 0.29) is 5.69 Å². The summed E-state index contributed by atoms with van der Waals surface area (Å²) >= 11 is 0. The van der Waals surface area contributed by atoms with Gasteiger partial charge in [-0.1, -0.05) is 18.2 Å². The average molecular weight is 406 g/mol. The predicted octanol–water partition coefficient (Wildman–Crippen LogP) is 4.91. The quantitative estimate of drug-likeness (QED) is 0.360. The molecule has 0 saturated carbocycles. The molecule has 4 aromatic rings. The van der Waals surface area contributed by atoms with Crippen molar-refractivity contribution in [2.24, 2.45) is 0 Å². The van der Waals surface area contributed by atoms with E-state index in [1.807, 2.05) is 30.3 Å². The van der Waals surface area contributed by atoms with Gasteiger partial charge in [0.05, 0.1) is 17.7 Å². The Bertz CT molecular complexity index is 1250. The number of rotatable bonds is 6. The van der Waals surface area contributed by atoms with Crippen LogP contribution in [-0.4, -0.2) is 24.0 Å². The highest BCUT2D eigenvalue weighted by Gasteiger charge is 2.19. The zero-order chi connectivity index (χ0) is 21.3. The standard InChI is InChI=1S/C22H18N2O6/c1-13(29-15-9-7-14(8-10-15)24(26)27)22(25)23-18-12-20-17(11-21(18)28-2)16-5-3-4-6-19(16)30-20/h3-13H,1-2H3,(H,23,25)/t13-/m0/s1. The first-order valence-corrected chi connectivity index (χ1v) is 9.17. The molecule has 0 fully saturated rings. The normalized spacial score (nSPS) is 11.9. The predicted molar refractivity (Wildman–Crippen MR) is 112 cm³/mol. The minimum Gasteiger partial charge on any atom is -0.495 e. The number of amides is 1. The summed E-state index contributed by atoms with van der Waals surface area (Å²) in [7, 11) is 1.52. The first kappa shape index (κ1) is 19.3. The molecule has 0 spiro atoms. The zero-order valence-corrected chi connectivity index (χ0v) is 16.2. The number of non-ortho nitro benzene ring substituents is 1. The Labute approximate surface area is 171 Å². The van der Waals surface area contributed by atoms with Gasteiger partial charge in [0.15, 0.2) is 6.10 Å². The van der Waals surface area contributed by atoms with Crippen molar-refractivity contribution in [3.8, 4) is 11.5 Å². The Kier molecular flexibility index (Phi) is 4.97. The van der Waals surface area contributed by atoms with E-state index in [4.69, 9.17) is 13.9 Å². The van der Waals surface area contributed by atoms with E-state index in [1.165, 1.54) is 31.4 Å². The van der Waals surface area contributed by atoms with Gasteiger partial charge in [-0.3, -0.25) is 14.9 Å². The Balaban J connectivity index is 1.55. The maximum absolute atomic E-state index is 12.6. The number of carbonyl (C=O) groups excluding carboxylic acids is 1. The highest BCUT2D eigenvalue weighted by Crippen LogP contribution is 2.36. The third-order valence-corrected chi connectivity index (χ3v) is 4.69. The molecular weight excluding hydrogens is 388 g/mol. The number of hydrogen-bond acceptors (Lipinski definition) is 6. The summed E-state index contributed by atoms with van der Waals surface area (Å²) in [5.41, 5.74) is 1.76. The molecule has 8 heteroatoms. The number of benzene rings is 3. The number of nitrogens with zero attached hydrogens (tertiary/aromatic N) is 1. The van der Waals surface area contributed by atoms with Crippen LogP contribution >= 0.6 is 0 Å². The second kappa shape index (κ2) is 7.75. The van der Waals surface area contributed by atoms with Crippen LogP contribution in [0.4, 0.5) is 11.4 Å². The molecule has 4 rings (SSSR count). The molecule has 30 heavy (non-hydrogen) atoms. The number of methoxy groups -OCH3 is 1. The van der Waals surface area contributed by atoms with Gasteiger partial charge in [-0.05, 0) is 31.2 Å². The molecule has 1 aromatic heterocycles. The molecular formula is C22H18N2O6. The molecule has 1 amide bonds. The minimum absolute atomic E-state index is 0.0525. The number of fused-ring (bicyclic) bond motifs is 3. The minimum atomic E-state index is -0.845. The van der Waals surface area contributed by atoms with Gasteiger partial charge in [0.1, 0.15) is 22.7 Å². The van der Waals surface area contributed by atoms with Gasteiger partial charge in [0, 0.05) is 29.0 Å². The maximum Gasteiger partial charge on any atom is 0.269 e. The van der Waals surface area contributed by atoms with Crippen LogP contribution in [-0.2, 0) is 4.79 Å². The van der Waals surface area contributed by atoms with Crippen molar-refractivity contribution in [2.75, 3.05) is 12.4 Å². The summed E-state index contributed by atoms with van der Waals surface area (Å²) in [4.78, 5) is 22.9. The first-order chi connectivity index (χ1) is 14.5. The van der Waals surface area contributed by atoms with Gasteiger partial charge >= 0.3 is 0 Å². The summed E-state index contributed by atoms with van der Waals surface area (Å²) in [6.07, 6.45) is -0.845. The lowest BCUT2D eigenvalue weighted by Gasteiger charge is -2.16. The van der Waals surface area contributed by atoms with E-state index in [9.17, 15) is 14.9 Å². The lowest BCUT2D eigenvalue weighted by atomic mass is 10.1. The largest absolute Gasteiger partial charge is 0.495 e. The summed E-state index contributed by atoms with van der Waals surface area (Å²) in [5.74, 6) is 0.440.